The van der Waals surface area contributed by atoms with Gasteiger partial charge in [-0.25, -0.2) is 0 Å². The minimum absolute atomic E-state index is 0.801. The minimum atomic E-state index is 0.801. The molecule has 0 nitrogen and oxygen atoms in total. The fourth-order valence-corrected chi connectivity index (χ4v) is 0.390. The van der Waals surface area contributed by atoms with Crippen molar-refractivity contribution >= 4 is 0 Å². The molecule has 0 aromatic rings. The molecule has 0 heteroatoms. The normalized spacial score (nSPS) is 8.43. The summed E-state index contributed by atoms with van der Waals surface area (Å²) in [5.74, 6) is 2.32. The molecule has 0 aliphatic rings. The van der Waals surface area contributed by atoms with E-state index in [0.717, 1.165) is 25.7 Å². The van der Waals surface area contributed by atoms with E-state index in [1.165, 1.54) is 0 Å². The third-order valence-electron chi connectivity index (χ3n) is 0.802. The molecule has 0 atom stereocenters. The van der Waals surface area contributed by atoms with Crippen molar-refractivity contribution in [2.24, 2.45) is 0 Å². The van der Waals surface area contributed by atoms with Crippen molar-refractivity contribution in [3.8, 4) is 5.92 Å². The van der Waals surface area contributed by atoms with Crippen molar-refractivity contribution in [3.05, 3.63) is 13.3 Å². The Morgan fingerprint density at radius 1 is 1.43 bits per heavy atom. The van der Waals surface area contributed by atoms with Gasteiger partial charge < -0.3 is 0 Å². The summed E-state index contributed by atoms with van der Waals surface area (Å²) in [6, 6.07) is 0. The second-order valence-electron chi connectivity index (χ2n) is 1.49. The molecular weight excluding hydrogens is 84.1 g/mol. The van der Waals surface area contributed by atoms with Crippen molar-refractivity contribution in [3.63, 3.8) is 0 Å². The first kappa shape index (κ1) is 6.78. The molecule has 0 bridgehead atoms. The fourth-order valence-electron chi connectivity index (χ4n) is 0.390. The average Bonchev–Trinajstić information content (AvgIpc) is 1.69. The van der Waals surface area contributed by atoms with Crippen LogP contribution in [0, 0.1) is 19.3 Å². The summed E-state index contributed by atoms with van der Waals surface area (Å²) in [5, 5.41) is 0. The molecule has 0 N–H and O–H groups in total. The Morgan fingerprint density at radius 2 is 2.14 bits per heavy atom. The van der Waals surface area contributed by atoms with Crippen LogP contribution in [0.5, 0.6) is 0 Å². The van der Waals surface area contributed by atoms with E-state index >= 15 is 0 Å². The Kier molecular flexibility index (Phi) is 5.60. The fraction of sp³-hybridized carbons (Fsp3) is 0.571. The van der Waals surface area contributed by atoms with Crippen LogP contribution in [0.4, 0.5) is 0 Å². The molecule has 0 heterocycles. The van der Waals surface area contributed by atoms with Gasteiger partial charge >= 0.3 is 45.0 Å². The van der Waals surface area contributed by atoms with E-state index in [0.29, 0.717) is 0 Å². The molecule has 38 valence electrons. The first-order chi connectivity index (χ1) is 3.41. The summed E-state index contributed by atoms with van der Waals surface area (Å²) < 4.78 is 0. The molecule has 0 aromatic heterocycles. The number of hydrogen-bond acceptors (Lipinski definition) is 0. The molecule has 0 aliphatic carbocycles. The van der Waals surface area contributed by atoms with Crippen molar-refractivity contribution in [1.29, 1.82) is 0 Å². The third kappa shape index (κ3) is 5.78. The predicted octanol–water partition coefficient (Wildman–Crippen LogP) is 1.97. The summed E-state index contributed by atoms with van der Waals surface area (Å²) >= 11 is 0. The standard InChI is InChI=1S/C7H10/c1-3-5-7-6-4-2/h1,3,5-7H2. The summed E-state index contributed by atoms with van der Waals surface area (Å²) in [4.78, 5) is 0. The van der Waals surface area contributed by atoms with Gasteiger partial charge in [-0.15, -0.1) is 0 Å². The van der Waals surface area contributed by atoms with E-state index in [4.69, 9.17) is 6.42 Å². The summed E-state index contributed by atoms with van der Waals surface area (Å²) in [6.45, 7) is 3.67. The van der Waals surface area contributed by atoms with Crippen molar-refractivity contribution < 1.29 is 0 Å². The van der Waals surface area contributed by atoms with Crippen LogP contribution in [0.2, 0.25) is 0 Å². The predicted molar refractivity (Wildman–Crippen MR) is 31.0 cm³/mol. The molecule has 0 spiro atoms. The molecule has 0 amide bonds. The van der Waals surface area contributed by atoms with Crippen LogP contribution in [0.3, 0.4) is 0 Å². The first-order valence-electron chi connectivity index (χ1n) is 2.60. The molecule has 0 aromatic carbocycles. The quantitative estimate of drug-likeness (QED) is 0.285. The summed E-state index contributed by atoms with van der Waals surface area (Å²) in [6.07, 6.45) is 10.5. The second-order valence-corrected chi connectivity index (χ2v) is 1.49. The van der Waals surface area contributed by atoms with E-state index in [1.807, 2.05) is 0 Å². The molecule has 7 heavy (non-hydrogen) atoms. The molecule has 0 rings (SSSR count). The van der Waals surface area contributed by atoms with E-state index in [1.54, 1.807) is 0 Å². The third-order valence-corrected chi connectivity index (χ3v) is 0.802. The van der Waals surface area contributed by atoms with Gasteiger partial charge in [-0.1, -0.05) is 0 Å². The van der Waals surface area contributed by atoms with Gasteiger partial charge in [0.1, 0.15) is 0 Å². The molecule has 0 radical (unpaired) electrons. The maximum absolute atomic E-state index is 6.51. The molecule has 0 unspecified atom stereocenters. The molecule has 0 aliphatic heterocycles. The van der Waals surface area contributed by atoms with Gasteiger partial charge in [0.25, 0.3) is 0 Å². The Morgan fingerprint density at radius 3 is 2.57 bits per heavy atom. The zero-order valence-corrected chi connectivity index (χ0v) is 4.54. The Hall–Kier alpha value is -0.220. The van der Waals surface area contributed by atoms with Gasteiger partial charge in [-0.05, 0) is 0 Å². The van der Waals surface area contributed by atoms with Crippen LogP contribution in [-0.4, -0.2) is 0 Å². The van der Waals surface area contributed by atoms with Gasteiger partial charge in [0.15, 0.2) is 0 Å². The number of unbranched alkanes of at least 4 members (excludes halogenated alkanes) is 3. The number of rotatable bonds is 3. The molecular formula is C7H10. The van der Waals surface area contributed by atoms with Gasteiger partial charge in [0.05, 0.1) is 0 Å². The van der Waals surface area contributed by atoms with Crippen molar-refractivity contribution in [2.75, 3.05) is 0 Å². The van der Waals surface area contributed by atoms with E-state index in [9.17, 15) is 0 Å². The zero-order chi connectivity index (χ0) is 5.54. The van der Waals surface area contributed by atoms with Crippen molar-refractivity contribution in [1.82, 2.24) is 0 Å². The second kappa shape index (κ2) is 5.78. The zero-order valence-electron chi connectivity index (χ0n) is 4.54. The average molecular weight is 94.2 g/mol. The van der Waals surface area contributed by atoms with Crippen LogP contribution >= 0.6 is 0 Å². The molecule has 0 saturated heterocycles. The van der Waals surface area contributed by atoms with Gasteiger partial charge in [0.2, 0.25) is 0 Å². The Bertz CT molecular complexity index is 56.9. The SMILES string of the molecule is [C+]#CCCCC[CH2-]. The summed E-state index contributed by atoms with van der Waals surface area (Å²) in [7, 11) is 0. The van der Waals surface area contributed by atoms with E-state index < -0.39 is 0 Å². The number of hydrogen-bond donors (Lipinski definition) is 0. The van der Waals surface area contributed by atoms with E-state index in [2.05, 4.69) is 12.8 Å². The van der Waals surface area contributed by atoms with Crippen molar-refractivity contribution in [2.45, 2.75) is 25.7 Å². The Labute approximate surface area is 45.9 Å². The monoisotopic (exact) mass is 94.1 g/mol. The van der Waals surface area contributed by atoms with Gasteiger partial charge in [-0.3, -0.25) is 0 Å². The summed E-state index contributed by atoms with van der Waals surface area (Å²) in [5.41, 5.74) is 0. The van der Waals surface area contributed by atoms with Gasteiger partial charge in [-0.2, -0.15) is 0 Å². The Balaban J connectivity index is 2.60. The van der Waals surface area contributed by atoms with Crippen LogP contribution < -0.4 is 0 Å². The maximum atomic E-state index is 6.51. The van der Waals surface area contributed by atoms with Crippen LogP contribution in [-0.2, 0) is 0 Å². The van der Waals surface area contributed by atoms with Gasteiger partial charge in [0, 0.05) is 0 Å². The van der Waals surface area contributed by atoms with Crippen LogP contribution in [0.15, 0.2) is 0 Å². The van der Waals surface area contributed by atoms with Crippen LogP contribution in [0.1, 0.15) is 25.7 Å². The molecule has 0 fully saturated rings. The van der Waals surface area contributed by atoms with E-state index in [-0.39, 0.29) is 0 Å². The topological polar surface area (TPSA) is 0 Å². The van der Waals surface area contributed by atoms with Crippen LogP contribution in [0.25, 0.3) is 0 Å². The first-order valence-corrected chi connectivity index (χ1v) is 2.60. The molecule has 0 saturated carbocycles.